The van der Waals surface area contributed by atoms with Gasteiger partial charge in [-0.05, 0) is 44.2 Å². The molecule has 0 aliphatic heterocycles. The number of carbonyl (C=O) groups is 2. The molecule has 1 aromatic heterocycles. The fourth-order valence-corrected chi connectivity index (χ4v) is 3.93. The Balaban J connectivity index is 1.96. The molecule has 1 heterocycles. The number of benzene rings is 2. The van der Waals surface area contributed by atoms with Crippen LogP contribution in [0, 0.1) is 0 Å². The summed E-state index contributed by atoms with van der Waals surface area (Å²) in [5.41, 5.74) is -3.47. The summed E-state index contributed by atoms with van der Waals surface area (Å²) in [6.45, 7) is 8.01. The van der Waals surface area contributed by atoms with E-state index in [1.54, 1.807) is 30.3 Å². The molecule has 0 bridgehead atoms. The van der Waals surface area contributed by atoms with Crippen molar-refractivity contribution < 1.29 is 35.9 Å². The van der Waals surface area contributed by atoms with Crippen molar-refractivity contribution in [1.29, 1.82) is 0 Å². The third-order valence-corrected chi connectivity index (χ3v) is 6.18. The van der Waals surface area contributed by atoms with Crippen molar-refractivity contribution in [2.45, 2.75) is 58.4 Å². The highest BCUT2D eigenvalue weighted by atomic mass is 35.5. The Hall–Kier alpha value is -3.54. The van der Waals surface area contributed by atoms with Gasteiger partial charge in [0.2, 0.25) is 5.91 Å². The Morgan fingerprint density at radius 2 is 1.50 bits per heavy atom. The number of aromatic nitrogens is 2. The van der Waals surface area contributed by atoms with E-state index in [0.29, 0.717) is 28.5 Å². The number of hydrogen-bond donors (Lipinski definition) is 1. The SMILES string of the molecule is CC(C)N(CC(=O)Nc1cc(C(C)(C)C)nn1-c1ccccc1Cl)C(=O)c1cc(C(F)(F)F)cc(C(F)(F)F)c1. The van der Waals surface area contributed by atoms with Gasteiger partial charge in [-0.15, -0.1) is 0 Å². The predicted molar refractivity (Wildman–Crippen MR) is 139 cm³/mol. The number of anilines is 1. The Bertz CT molecular complexity index is 1370. The zero-order valence-electron chi connectivity index (χ0n) is 22.2. The van der Waals surface area contributed by atoms with Crippen LogP contribution in [-0.2, 0) is 22.6 Å². The second-order valence-corrected chi connectivity index (χ2v) is 10.8. The quantitative estimate of drug-likeness (QED) is 0.306. The molecule has 6 nitrogen and oxygen atoms in total. The first-order valence-corrected chi connectivity index (χ1v) is 12.4. The van der Waals surface area contributed by atoms with Crippen LogP contribution in [-0.4, -0.2) is 39.1 Å². The van der Waals surface area contributed by atoms with E-state index in [2.05, 4.69) is 10.4 Å². The molecule has 0 spiro atoms. The lowest BCUT2D eigenvalue weighted by Crippen LogP contribution is -2.42. The molecule has 1 N–H and O–H groups in total. The van der Waals surface area contributed by atoms with Gasteiger partial charge in [-0.1, -0.05) is 44.5 Å². The van der Waals surface area contributed by atoms with Crippen molar-refractivity contribution in [2.75, 3.05) is 11.9 Å². The maximum absolute atomic E-state index is 13.3. The lowest BCUT2D eigenvalue weighted by atomic mass is 9.92. The smallest absolute Gasteiger partial charge is 0.327 e. The largest absolute Gasteiger partial charge is 0.416 e. The highest BCUT2D eigenvalue weighted by Gasteiger charge is 2.38. The number of alkyl halides is 6. The summed E-state index contributed by atoms with van der Waals surface area (Å²) in [5.74, 6) is -1.71. The van der Waals surface area contributed by atoms with Crippen LogP contribution in [0.1, 0.15) is 61.8 Å². The molecule has 0 saturated carbocycles. The van der Waals surface area contributed by atoms with Crippen LogP contribution in [0.4, 0.5) is 32.2 Å². The summed E-state index contributed by atoms with van der Waals surface area (Å²) in [4.78, 5) is 27.2. The highest BCUT2D eigenvalue weighted by Crippen LogP contribution is 2.37. The molecular formula is C27H27ClF6N4O2. The minimum atomic E-state index is -5.13. The molecule has 0 aliphatic rings. The maximum Gasteiger partial charge on any atom is 0.416 e. The summed E-state index contributed by atoms with van der Waals surface area (Å²) >= 11 is 6.33. The van der Waals surface area contributed by atoms with Gasteiger partial charge in [0.1, 0.15) is 12.4 Å². The van der Waals surface area contributed by atoms with E-state index in [0.717, 1.165) is 4.90 Å². The van der Waals surface area contributed by atoms with E-state index in [-0.39, 0.29) is 11.9 Å². The number of carbonyl (C=O) groups excluding carboxylic acids is 2. The lowest BCUT2D eigenvalue weighted by Gasteiger charge is -2.27. The first-order valence-electron chi connectivity index (χ1n) is 12.0. The predicted octanol–water partition coefficient (Wildman–Crippen LogP) is 7.35. The molecule has 3 aromatic rings. The molecule has 0 radical (unpaired) electrons. The minimum absolute atomic E-state index is 0.0636. The van der Waals surface area contributed by atoms with E-state index in [4.69, 9.17) is 11.6 Å². The Morgan fingerprint density at radius 1 is 0.950 bits per heavy atom. The van der Waals surface area contributed by atoms with Crippen LogP contribution in [0.5, 0.6) is 0 Å². The molecular weight excluding hydrogens is 562 g/mol. The van der Waals surface area contributed by atoms with Gasteiger partial charge >= 0.3 is 12.4 Å². The van der Waals surface area contributed by atoms with Gasteiger partial charge in [0.25, 0.3) is 5.91 Å². The van der Waals surface area contributed by atoms with Gasteiger partial charge in [0.05, 0.1) is 27.5 Å². The number of para-hydroxylation sites is 1. The Morgan fingerprint density at radius 3 is 1.98 bits per heavy atom. The molecule has 2 aromatic carbocycles. The van der Waals surface area contributed by atoms with Crippen molar-refractivity contribution >= 4 is 29.2 Å². The molecule has 3 rings (SSSR count). The fraction of sp³-hybridized carbons (Fsp3) is 0.370. The number of nitrogens with one attached hydrogen (secondary N) is 1. The average Bonchev–Trinajstić information content (AvgIpc) is 3.24. The summed E-state index contributed by atoms with van der Waals surface area (Å²) in [5, 5.41) is 7.53. The normalized spacial score (nSPS) is 12.5. The van der Waals surface area contributed by atoms with Crippen molar-refractivity contribution in [3.05, 3.63) is 75.9 Å². The van der Waals surface area contributed by atoms with Gasteiger partial charge in [-0.2, -0.15) is 31.4 Å². The third kappa shape index (κ3) is 7.15. The highest BCUT2D eigenvalue weighted by molar-refractivity contribution is 6.32. The topological polar surface area (TPSA) is 67.2 Å². The molecule has 40 heavy (non-hydrogen) atoms. The monoisotopic (exact) mass is 588 g/mol. The summed E-state index contributed by atoms with van der Waals surface area (Å²) in [6, 6.07) is 8.21. The number of hydrogen-bond acceptors (Lipinski definition) is 3. The Kier molecular flexibility index (Phi) is 8.64. The lowest BCUT2D eigenvalue weighted by molar-refractivity contribution is -0.143. The van der Waals surface area contributed by atoms with E-state index in [1.807, 2.05) is 20.8 Å². The van der Waals surface area contributed by atoms with E-state index < -0.39 is 58.9 Å². The average molecular weight is 589 g/mol. The van der Waals surface area contributed by atoms with Crippen molar-refractivity contribution in [1.82, 2.24) is 14.7 Å². The number of halogens is 7. The second kappa shape index (κ2) is 11.1. The fourth-order valence-electron chi connectivity index (χ4n) is 3.71. The third-order valence-electron chi connectivity index (χ3n) is 5.86. The number of rotatable bonds is 6. The zero-order valence-corrected chi connectivity index (χ0v) is 23.0. The van der Waals surface area contributed by atoms with Crippen molar-refractivity contribution in [3.63, 3.8) is 0 Å². The molecule has 216 valence electrons. The van der Waals surface area contributed by atoms with E-state index in [9.17, 15) is 35.9 Å². The Labute approximate surface area is 231 Å². The van der Waals surface area contributed by atoms with Crippen molar-refractivity contribution in [2.24, 2.45) is 0 Å². The van der Waals surface area contributed by atoms with Crippen LogP contribution in [0.2, 0.25) is 5.02 Å². The van der Waals surface area contributed by atoms with Gasteiger partial charge in [0.15, 0.2) is 0 Å². The number of nitrogens with zero attached hydrogens (tertiary/aromatic N) is 3. The molecule has 0 saturated heterocycles. The summed E-state index contributed by atoms with van der Waals surface area (Å²) in [6.07, 6.45) is -10.3. The standard InChI is InChI=1S/C27H27ClF6N4O2/c1-15(2)37(24(40)16-10-17(26(29,30)31)12-18(11-16)27(32,33)34)14-23(39)35-22-13-21(25(3,4)5)36-38(22)20-9-7-6-8-19(20)28/h6-13,15H,14H2,1-5H3,(H,35,39). The molecule has 2 amide bonds. The molecule has 0 unspecified atom stereocenters. The van der Waals surface area contributed by atoms with Crippen LogP contribution in [0.25, 0.3) is 5.69 Å². The van der Waals surface area contributed by atoms with Gasteiger partial charge in [-0.3, -0.25) is 9.59 Å². The zero-order chi connectivity index (χ0) is 30.2. The van der Waals surface area contributed by atoms with Gasteiger partial charge in [-0.25, -0.2) is 4.68 Å². The van der Waals surface area contributed by atoms with Gasteiger partial charge < -0.3 is 10.2 Å². The van der Waals surface area contributed by atoms with E-state index >= 15 is 0 Å². The van der Waals surface area contributed by atoms with Crippen LogP contribution >= 0.6 is 11.6 Å². The first kappa shape index (κ1) is 31.0. The first-order chi connectivity index (χ1) is 18.3. The summed E-state index contributed by atoms with van der Waals surface area (Å²) < 4.78 is 81.4. The van der Waals surface area contributed by atoms with Crippen LogP contribution in [0.15, 0.2) is 48.5 Å². The molecule has 0 aliphatic carbocycles. The molecule has 0 atom stereocenters. The van der Waals surface area contributed by atoms with E-state index in [1.165, 1.54) is 18.5 Å². The second-order valence-electron chi connectivity index (χ2n) is 10.4. The van der Waals surface area contributed by atoms with Gasteiger partial charge in [0, 0.05) is 23.1 Å². The van der Waals surface area contributed by atoms with Crippen LogP contribution in [0.3, 0.4) is 0 Å². The maximum atomic E-state index is 13.3. The number of amides is 2. The van der Waals surface area contributed by atoms with Crippen LogP contribution < -0.4 is 5.32 Å². The molecule has 13 heteroatoms. The molecule has 0 fully saturated rings. The summed E-state index contributed by atoms with van der Waals surface area (Å²) in [7, 11) is 0. The minimum Gasteiger partial charge on any atom is -0.327 e. The van der Waals surface area contributed by atoms with Crippen molar-refractivity contribution in [3.8, 4) is 5.69 Å².